The van der Waals surface area contributed by atoms with Crippen LogP contribution in [0.1, 0.15) is 13.8 Å². The molecule has 0 aliphatic carbocycles. The van der Waals surface area contributed by atoms with Crippen LogP contribution in [0.3, 0.4) is 0 Å². The van der Waals surface area contributed by atoms with Crippen LogP contribution in [-0.2, 0) is 0 Å². The molecule has 2 heterocycles. The molecule has 0 fully saturated rings. The van der Waals surface area contributed by atoms with Gasteiger partial charge in [0.25, 0.3) is 0 Å². The summed E-state index contributed by atoms with van der Waals surface area (Å²) >= 11 is 3.36. The molecule has 2 aromatic heterocycles. The van der Waals surface area contributed by atoms with Crippen LogP contribution in [0.2, 0.25) is 0 Å². The van der Waals surface area contributed by atoms with E-state index in [1.54, 1.807) is 22.7 Å². The van der Waals surface area contributed by atoms with E-state index < -0.39 is 0 Å². The van der Waals surface area contributed by atoms with E-state index >= 15 is 0 Å². The Morgan fingerprint density at radius 1 is 0.889 bits per heavy atom. The smallest absolute Gasteiger partial charge is 0.183 e. The molecular formula is C12H14N4S2. The van der Waals surface area contributed by atoms with Crippen molar-refractivity contribution >= 4 is 53.4 Å². The van der Waals surface area contributed by atoms with Gasteiger partial charge in [-0.25, -0.2) is 9.97 Å². The van der Waals surface area contributed by atoms with Crippen molar-refractivity contribution in [2.45, 2.75) is 13.8 Å². The van der Waals surface area contributed by atoms with Gasteiger partial charge in [-0.2, -0.15) is 0 Å². The van der Waals surface area contributed by atoms with Crippen molar-refractivity contribution in [3.05, 3.63) is 12.1 Å². The Morgan fingerprint density at radius 3 is 1.72 bits per heavy atom. The van der Waals surface area contributed by atoms with E-state index in [0.29, 0.717) is 0 Å². The molecule has 4 nitrogen and oxygen atoms in total. The van der Waals surface area contributed by atoms with Gasteiger partial charge in [0.05, 0.1) is 20.4 Å². The van der Waals surface area contributed by atoms with Crippen LogP contribution in [-0.4, -0.2) is 23.1 Å². The van der Waals surface area contributed by atoms with Crippen LogP contribution in [0, 0.1) is 0 Å². The fourth-order valence-corrected chi connectivity index (χ4v) is 3.70. The van der Waals surface area contributed by atoms with Crippen molar-refractivity contribution in [2.24, 2.45) is 0 Å². The van der Waals surface area contributed by atoms with Crippen molar-refractivity contribution in [2.75, 3.05) is 23.7 Å². The summed E-state index contributed by atoms with van der Waals surface area (Å²) in [4.78, 5) is 9.15. The maximum atomic E-state index is 4.57. The quantitative estimate of drug-likeness (QED) is 0.762. The van der Waals surface area contributed by atoms with Gasteiger partial charge in [0, 0.05) is 13.1 Å². The lowest BCUT2D eigenvalue weighted by molar-refractivity contribution is 1.20. The second-order valence-corrected chi connectivity index (χ2v) is 5.95. The number of benzene rings is 1. The first kappa shape index (κ1) is 11.7. The van der Waals surface area contributed by atoms with E-state index in [2.05, 4.69) is 46.6 Å². The van der Waals surface area contributed by atoms with E-state index in [0.717, 1.165) is 34.4 Å². The lowest BCUT2D eigenvalue weighted by Crippen LogP contribution is -1.94. The highest BCUT2D eigenvalue weighted by Crippen LogP contribution is 2.33. The minimum atomic E-state index is 0.900. The Morgan fingerprint density at radius 2 is 1.33 bits per heavy atom. The molecule has 0 saturated heterocycles. The third kappa shape index (κ3) is 2.02. The van der Waals surface area contributed by atoms with E-state index in [9.17, 15) is 0 Å². The Balaban J connectivity index is 2.09. The largest absolute Gasteiger partial charge is 0.362 e. The third-order valence-electron chi connectivity index (χ3n) is 2.55. The second-order valence-electron chi connectivity index (χ2n) is 3.89. The number of hydrogen-bond acceptors (Lipinski definition) is 6. The number of nitrogens with one attached hydrogen (secondary N) is 2. The van der Waals surface area contributed by atoms with Gasteiger partial charge in [0.15, 0.2) is 10.3 Å². The molecule has 0 unspecified atom stereocenters. The Kier molecular flexibility index (Phi) is 3.05. The van der Waals surface area contributed by atoms with Gasteiger partial charge in [0.1, 0.15) is 0 Å². The van der Waals surface area contributed by atoms with E-state index in [4.69, 9.17) is 0 Å². The maximum absolute atomic E-state index is 4.57. The van der Waals surface area contributed by atoms with Crippen LogP contribution < -0.4 is 10.6 Å². The number of fused-ring (bicyclic) bond motifs is 2. The van der Waals surface area contributed by atoms with Crippen molar-refractivity contribution in [3.63, 3.8) is 0 Å². The first-order chi connectivity index (χ1) is 8.80. The number of thiazole rings is 2. The molecule has 1 aromatic carbocycles. The lowest BCUT2D eigenvalue weighted by atomic mass is 10.3. The standard InChI is InChI=1S/C12H14N4S2/c1-3-13-11-15-7-5-10-8(6-9(7)17-11)16-12(18-10)14-4-2/h5-6H,3-4H2,1-2H3,(H,13,15)(H,14,16). The summed E-state index contributed by atoms with van der Waals surface area (Å²) in [5.41, 5.74) is 2.10. The number of hydrogen-bond donors (Lipinski definition) is 2. The van der Waals surface area contributed by atoms with Gasteiger partial charge in [-0.3, -0.25) is 0 Å². The van der Waals surface area contributed by atoms with Crippen LogP contribution in [0.4, 0.5) is 10.3 Å². The maximum Gasteiger partial charge on any atom is 0.183 e. The number of aromatic nitrogens is 2. The van der Waals surface area contributed by atoms with Gasteiger partial charge < -0.3 is 10.6 Å². The van der Waals surface area contributed by atoms with Crippen molar-refractivity contribution < 1.29 is 0 Å². The zero-order chi connectivity index (χ0) is 12.5. The Bertz CT molecular complexity index is 579. The average Bonchev–Trinajstić information content (AvgIpc) is 2.88. The molecule has 0 bridgehead atoms. The molecule has 0 radical (unpaired) electrons. The molecule has 2 N–H and O–H groups in total. The predicted molar refractivity (Wildman–Crippen MR) is 81.1 cm³/mol. The number of nitrogens with zero attached hydrogens (tertiary/aromatic N) is 2. The number of anilines is 2. The van der Waals surface area contributed by atoms with E-state index in [1.165, 1.54) is 9.40 Å². The Hall–Kier alpha value is -1.40. The molecule has 94 valence electrons. The molecule has 0 aliphatic rings. The molecule has 6 heteroatoms. The van der Waals surface area contributed by atoms with Crippen molar-refractivity contribution in [1.82, 2.24) is 9.97 Å². The molecule has 3 aromatic rings. The third-order valence-corrected chi connectivity index (χ3v) is 4.51. The fourth-order valence-electron chi connectivity index (χ4n) is 1.80. The summed E-state index contributed by atoms with van der Waals surface area (Å²) in [7, 11) is 0. The SMILES string of the molecule is CCNc1nc2cc3sc(NCC)nc3cc2s1. The predicted octanol–water partition coefficient (Wildman–Crippen LogP) is 3.77. The minimum Gasteiger partial charge on any atom is -0.362 e. The average molecular weight is 278 g/mol. The van der Waals surface area contributed by atoms with Crippen LogP contribution in [0.15, 0.2) is 12.1 Å². The molecule has 0 spiro atoms. The van der Waals surface area contributed by atoms with Crippen LogP contribution in [0.5, 0.6) is 0 Å². The molecule has 3 rings (SSSR count). The summed E-state index contributed by atoms with van der Waals surface area (Å²) in [5.74, 6) is 0. The lowest BCUT2D eigenvalue weighted by Gasteiger charge is -1.92. The second kappa shape index (κ2) is 4.70. The molecule has 0 aliphatic heterocycles. The summed E-state index contributed by atoms with van der Waals surface area (Å²) < 4.78 is 2.37. The molecular weight excluding hydrogens is 264 g/mol. The van der Waals surface area contributed by atoms with Crippen LogP contribution in [0.25, 0.3) is 20.4 Å². The molecule has 0 amide bonds. The number of rotatable bonds is 4. The molecule has 0 atom stereocenters. The van der Waals surface area contributed by atoms with E-state index in [1.807, 2.05) is 0 Å². The molecule has 18 heavy (non-hydrogen) atoms. The Labute approximate surface area is 113 Å². The monoisotopic (exact) mass is 278 g/mol. The zero-order valence-corrected chi connectivity index (χ0v) is 11.9. The highest BCUT2D eigenvalue weighted by atomic mass is 32.1. The summed E-state index contributed by atoms with van der Waals surface area (Å²) in [5, 5.41) is 8.47. The highest BCUT2D eigenvalue weighted by Gasteiger charge is 2.08. The zero-order valence-electron chi connectivity index (χ0n) is 10.3. The van der Waals surface area contributed by atoms with Gasteiger partial charge >= 0.3 is 0 Å². The summed E-state index contributed by atoms with van der Waals surface area (Å²) in [6.45, 7) is 5.96. The van der Waals surface area contributed by atoms with Crippen molar-refractivity contribution in [3.8, 4) is 0 Å². The summed E-state index contributed by atoms with van der Waals surface area (Å²) in [6.07, 6.45) is 0. The molecule has 0 saturated carbocycles. The van der Waals surface area contributed by atoms with Gasteiger partial charge in [0.2, 0.25) is 0 Å². The topological polar surface area (TPSA) is 49.8 Å². The van der Waals surface area contributed by atoms with Gasteiger partial charge in [-0.05, 0) is 26.0 Å². The van der Waals surface area contributed by atoms with Crippen LogP contribution >= 0.6 is 22.7 Å². The first-order valence-electron chi connectivity index (χ1n) is 5.99. The minimum absolute atomic E-state index is 0.900. The normalized spacial score (nSPS) is 11.2. The first-order valence-corrected chi connectivity index (χ1v) is 7.62. The highest BCUT2D eigenvalue weighted by molar-refractivity contribution is 7.23. The van der Waals surface area contributed by atoms with Gasteiger partial charge in [-0.1, -0.05) is 22.7 Å². The van der Waals surface area contributed by atoms with E-state index in [-0.39, 0.29) is 0 Å². The van der Waals surface area contributed by atoms with Crippen molar-refractivity contribution in [1.29, 1.82) is 0 Å². The fraction of sp³-hybridized carbons (Fsp3) is 0.333. The van der Waals surface area contributed by atoms with Gasteiger partial charge in [-0.15, -0.1) is 0 Å². The summed E-state index contributed by atoms with van der Waals surface area (Å²) in [6, 6.07) is 4.25.